The summed E-state index contributed by atoms with van der Waals surface area (Å²) in [6, 6.07) is 12.4. The third-order valence-corrected chi connectivity index (χ3v) is 7.90. The summed E-state index contributed by atoms with van der Waals surface area (Å²) in [7, 11) is 0. The summed E-state index contributed by atoms with van der Waals surface area (Å²) in [4.78, 5) is 4.72. The molecule has 0 aliphatic carbocycles. The van der Waals surface area contributed by atoms with E-state index in [-0.39, 0.29) is 0 Å². The molecule has 7 nitrogen and oxygen atoms in total. The van der Waals surface area contributed by atoms with E-state index in [9.17, 15) is 0 Å². The van der Waals surface area contributed by atoms with Crippen LogP contribution >= 0.6 is 23.1 Å². The maximum absolute atomic E-state index is 5.97. The summed E-state index contributed by atoms with van der Waals surface area (Å²) < 4.78 is 8.11. The number of rotatable bonds is 7. The summed E-state index contributed by atoms with van der Waals surface area (Å²) in [6.45, 7) is 6.33. The number of thiophene rings is 1. The fraction of sp³-hybridized carbons (Fsp3) is 0.391. The molecule has 4 aromatic rings. The predicted octanol–water partition coefficient (Wildman–Crippen LogP) is 5.53. The lowest BCUT2D eigenvalue weighted by molar-refractivity contribution is 0.529. The lowest BCUT2D eigenvalue weighted by Gasteiger charge is -2.27. The highest BCUT2D eigenvalue weighted by molar-refractivity contribution is 7.98. The lowest BCUT2D eigenvalue weighted by atomic mass is 10.1. The third-order valence-electron chi connectivity index (χ3n) is 5.61. The Bertz CT molecular complexity index is 1180. The first-order valence-corrected chi connectivity index (χ1v) is 12.8. The number of anilines is 1. The minimum atomic E-state index is 0.545. The van der Waals surface area contributed by atoms with Crippen molar-refractivity contribution in [3.8, 4) is 16.5 Å². The monoisotopic (exact) mass is 466 g/mol. The summed E-state index contributed by atoms with van der Waals surface area (Å²) >= 11 is 3.30. The van der Waals surface area contributed by atoms with Crippen molar-refractivity contribution in [2.75, 3.05) is 18.0 Å². The van der Waals surface area contributed by atoms with Gasteiger partial charge in [0.1, 0.15) is 0 Å². The Labute approximate surface area is 195 Å². The van der Waals surface area contributed by atoms with E-state index in [1.807, 2.05) is 18.2 Å². The molecule has 9 heteroatoms. The number of aromatic nitrogens is 5. The number of hydrogen-bond acceptors (Lipinski definition) is 8. The van der Waals surface area contributed by atoms with Gasteiger partial charge in [0.15, 0.2) is 5.16 Å². The molecule has 0 saturated carbocycles. The number of aryl methyl sites for hydroxylation is 2. The molecule has 0 spiro atoms. The van der Waals surface area contributed by atoms with Gasteiger partial charge in [0.05, 0.1) is 16.3 Å². The van der Waals surface area contributed by atoms with Gasteiger partial charge in [-0.3, -0.25) is 4.57 Å². The van der Waals surface area contributed by atoms with Crippen molar-refractivity contribution < 1.29 is 4.42 Å². The summed E-state index contributed by atoms with van der Waals surface area (Å²) in [6.07, 6.45) is 4.68. The number of nitrogens with zero attached hydrogens (tertiary/aromatic N) is 6. The van der Waals surface area contributed by atoms with Crippen LogP contribution in [0.4, 0.5) is 5.95 Å². The van der Waals surface area contributed by atoms with E-state index in [2.05, 4.69) is 61.9 Å². The molecule has 32 heavy (non-hydrogen) atoms. The van der Waals surface area contributed by atoms with E-state index in [1.54, 1.807) is 23.1 Å². The fourth-order valence-electron chi connectivity index (χ4n) is 3.97. The molecule has 1 saturated heterocycles. The second-order valence-corrected chi connectivity index (χ2v) is 9.94. The quantitative estimate of drug-likeness (QED) is 0.331. The van der Waals surface area contributed by atoms with Crippen LogP contribution in [-0.2, 0) is 12.2 Å². The van der Waals surface area contributed by atoms with Crippen LogP contribution < -0.4 is 4.90 Å². The van der Waals surface area contributed by atoms with Gasteiger partial charge in [0, 0.05) is 18.0 Å². The zero-order chi connectivity index (χ0) is 21.9. The van der Waals surface area contributed by atoms with Crippen LogP contribution in [0.25, 0.3) is 16.5 Å². The van der Waals surface area contributed by atoms with Crippen LogP contribution in [0.1, 0.15) is 42.5 Å². The van der Waals surface area contributed by atoms with E-state index >= 15 is 0 Å². The highest BCUT2D eigenvalue weighted by Crippen LogP contribution is 2.33. The molecule has 5 rings (SSSR count). The van der Waals surface area contributed by atoms with Crippen molar-refractivity contribution in [2.24, 2.45) is 0 Å². The molecule has 166 valence electrons. The van der Waals surface area contributed by atoms with Gasteiger partial charge in [-0.05, 0) is 56.4 Å². The second kappa shape index (κ2) is 9.46. The molecule has 0 radical (unpaired) electrons. The number of hydrogen-bond donors (Lipinski definition) is 0. The van der Waals surface area contributed by atoms with Gasteiger partial charge in [-0.1, -0.05) is 36.9 Å². The first-order valence-electron chi connectivity index (χ1n) is 11.0. The van der Waals surface area contributed by atoms with E-state index in [4.69, 9.17) is 4.42 Å². The first kappa shape index (κ1) is 21.2. The van der Waals surface area contributed by atoms with Gasteiger partial charge in [-0.25, -0.2) is 0 Å². The standard InChI is InChI=1S/C23H26N6OS2/c1-3-18-16(2)14-19(32-18)21-25-24-20(30-21)15-31-23-27-26-22(28-12-8-5-9-13-28)29(23)17-10-6-4-7-11-17/h4,6-7,10-11,14H,3,5,8-9,12-13,15H2,1-2H3. The molecular weight excluding hydrogens is 440 g/mol. The average molecular weight is 467 g/mol. The molecule has 1 aliphatic rings. The Hall–Kier alpha value is -2.65. The number of piperidine rings is 1. The molecule has 3 aromatic heterocycles. The Morgan fingerprint density at radius 1 is 1.03 bits per heavy atom. The van der Waals surface area contributed by atoms with E-state index < -0.39 is 0 Å². The zero-order valence-corrected chi connectivity index (χ0v) is 20.0. The Kier molecular flexibility index (Phi) is 6.27. The Morgan fingerprint density at radius 2 is 1.84 bits per heavy atom. The number of thioether (sulfide) groups is 1. The normalized spacial score (nSPS) is 14.2. The van der Waals surface area contributed by atoms with E-state index in [1.165, 1.54) is 29.7 Å². The Morgan fingerprint density at radius 3 is 2.59 bits per heavy atom. The average Bonchev–Trinajstić information content (AvgIpc) is 3.56. The van der Waals surface area contributed by atoms with Crippen molar-refractivity contribution in [1.29, 1.82) is 0 Å². The van der Waals surface area contributed by atoms with Crippen LogP contribution in [0.3, 0.4) is 0 Å². The van der Waals surface area contributed by atoms with Crippen LogP contribution in [0.5, 0.6) is 0 Å². The SMILES string of the molecule is CCc1sc(-c2nnc(CSc3nnc(N4CCCCC4)n3-c3ccccc3)o2)cc1C. The van der Waals surface area contributed by atoms with Crippen molar-refractivity contribution in [1.82, 2.24) is 25.0 Å². The molecule has 0 atom stereocenters. The fourth-order valence-corrected chi connectivity index (χ4v) is 5.79. The summed E-state index contributed by atoms with van der Waals surface area (Å²) in [5.41, 5.74) is 2.34. The zero-order valence-electron chi connectivity index (χ0n) is 18.3. The Balaban J connectivity index is 1.38. The summed E-state index contributed by atoms with van der Waals surface area (Å²) in [5.74, 6) is 2.64. The molecule has 1 aliphatic heterocycles. The smallest absolute Gasteiger partial charge is 0.257 e. The molecular formula is C23H26N6OS2. The lowest BCUT2D eigenvalue weighted by Crippen LogP contribution is -2.31. The number of benzene rings is 1. The van der Waals surface area contributed by atoms with Crippen LogP contribution in [0.15, 0.2) is 46.0 Å². The van der Waals surface area contributed by atoms with Crippen LogP contribution in [-0.4, -0.2) is 38.1 Å². The summed E-state index contributed by atoms with van der Waals surface area (Å²) in [5, 5.41) is 18.5. The van der Waals surface area contributed by atoms with Crippen LogP contribution in [0, 0.1) is 6.92 Å². The van der Waals surface area contributed by atoms with Crippen molar-refractivity contribution in [2.45, 2.75) is 50.4 Å². The number of para-hydroxylation sites is 1. The largest absolute Gasteiger partial charge is 0.419 e. The van der Waals surface area contributed by atoms with E-state index in [0.29, 0.717) is 17.5 Å². The third kappa shape index (κ3) is 4.31. The molecule has 0 bridgehead atoms. The highest BCUT2D eigenvalue weighted by Gasteiger charge is 2.22. The minimum absolute atomic E-state index is 0.545. The second-order valence-electron chi connectivity index (χ2n) is 7.86. The topological polar surface area (TPSA) is 72.9 Å². The van der Waals surface area contributed by atoms with Crippen molar-refractivity contribution in [3.05, 3.63) is 52.7 Å². The molecule has 4 heterocycles. The van der Waals surface area contributed by atoms with Gasteiger partial charge < -0.3 is 9.32 Å². The van der Waals surface area contributed by atoms with Crippen molar-refractivity contribution in [3.63, 3.8) is 0 Å². The van der Waals surface area contributed by atoms with Gasteiger partial charge in [-0.15, -0.1) is 31.7 Å². The minimum Gasteiger partial charge on any atom is -0.419 e. The van der Waals surface area contributed by atoms with E-state index in [0.717, 1.165) is 41.2 Å². The van der Waals surface area contributed by atoms with Crippen molar-refractivity contribution >= 4 is 29.0 Å². The van der Waals surface area contributed by atoms with Crippen LogP contribution in [0.2, 0.25) is 0 Å². The van der Waals surface area contributed by atoms with Gasteiger partial charge in [0.2, 0.25) is 11.8 Å². The molecule has 0 unspecified atom stereocenters. The molecule has 0 N–H and O–H groups in total. The van der Waals surface area contributed by atoms with Gasteiger partial charge >= 0.3 is 0 Å². The highest BCUT2D eigenvalue weighted by atomic mass is 32.2. The molecule has 1 fully saturated rings. The maximum atomic E-state index is 5.97. The molecule has 0 amide bonds. The van der Waals surface area contributed by atoms with Gasteiger partial charge in [-0.2, -0.15) is 0 Å². The van der Waals surface area contributed by atoms with Gasteiger partial charge in [0.25, 0.3) is 5.89 Å². The molecule has 1 aromatic carbocycles. The predicted molar refractivity (Wildman–Crippen MR) is 129 cm³/mol. The maximum Gasteiger partial charge on any atom is 0.257 e. The first-order chi connectivity index (χ1) is 15.7.